The molecule has 0 saturated heterocycles. The molecule has 2 nitrogen and oxygen atoms in total. The molecule has 0 atom stereocenters. The molecular formula is C36H36NiO2P3+5. The zero-order chi connectivity index (χ0) is 29.1. The zero-order valence-corrected chi connectivity index (χ0v) is 27.4. The van der Waals surface area contributed by atoms with Gasteiger partial charge in [-0.3, -0.25) is 0 Å². The summed E-state index contributed by atoms with van der Waals surface area (Å²) < 4.78 is 15.0. The molecule has 6 heteroatoms. The SMILES string of the molecule is [C-]#[O+].[C-]#[O+].[Ni+2].c1ccc([PH+](CC[PH+](c2ccccc2)c2ccccc2)CC[PH+](c2ccccc2)c2ccccc2)cc1. The van der Waals surface area contributed by atoms with E-state index in [4.69, 9.17) is 9.30 Å². The molecule has 0 aliphatic rings. The Kier molecular flexibility index (Phi) is 17.9. The standard InChI is InChI=1S/C34H33P3.2CO.Ni/c1-6-16-30(17-7-1)35(26-28-36(31-18-8-2-9-19-31)32-20-10-3-11-21-32)27-29-37(33-22-12-4-13-23-33)34-24-14-5-15-25-34;2*1-2;/h1-25H,26-29H2;;;/q;;;+2/p+3. The fourth-order valence-electron chi connectivity index (χ4n) is 5.11. The van der Waals surface area contributed by atoms with Gasteiger partial charge in [-0.05, 0) is 60.7 Å². The molecule has 0 N–H and O–H groups in total. The smallest absolute Gasteiger partial charge is 0.0620 e. The van der Waals surface area contributed by atoms with Gasteiger partial charge in [0.25, 0.3) is 0 Å². The van der Waals surface area contributed by atoms with Gasteiger partial charge in [-0.2, -0.15) is 0 Å². The molecule has 5 aromatic carbocycles. The molecule has 0 spiro atoms. The van der Waals surface area contributed by atoms with Gasteiger partial charge in [0.05, 0.1) is 54.7 Å². The summed E-state index contributed by atoms with van der Waals surface area (Å²) in [5, 5.41) is 7.73. The van der Waals surface area contributed by atoms with E-state index in [1.807, 2.05) is 0 Å². The van der Waals surface area contributed by atoms with Gasteiger partial charge in [-0.15, -0.1) is 0 Å². The summed E-state index contributed by atoms with van der Waals surface area (Å²) in [6.45, 7) is 9.00. The normalized spacial score (nSPS) is 10.1. The zero-order valence-electron chi connectivity index (χ0n) is 23.4. The monoisotopic (exact) mass is 651 g/mol. The van der Waals surface area contributed by atoms with E-state index in [0.717, 1.165) is 0 Å². The molecule has 0 saturated carbocycles. The van der Waals surface area contributed by atoms with Gasteiger partial charge in [-0.1, -0.05) is 91.0 Å². The summed E-state index contributed by atoms with van der Waals surface area (Å²) in [4.78, 5) is 0. The molecule has 0 bridgehead atoms. The van der Waals surface area contributed by atoms with Crippen LogP contribution < -0.4 is 26.5 Å². The second-order valence-electron chi connectivity index (χ2n) is 9.39. The van der Waals surface area contributed by atoms with Gasteiger partial charge < -0.3 is 0 Å². The molecule has 0 fully saturated rings. The van der Waals surface area contributed by atoms with Crippen molar-refractivity contribution in [2.75, 3.05) is 24.6 Å². The molecule has 0 unspecified atom stereocenters. The maximum absolute atomic E-state index is 7.50. The van der Waals surface area contributed by atoms with Crippen LogP contribution in [0.5, 0.6) is 0 Å². The molecule has 212 valence electrons. The van der Waals surface area contributed by atoms with E-state index in [1.54, 1.807) is 5.30 Å². The third-order valence-electron chi connectivity index (χ3n) is 7.02. The minimum absolute atomic E-state index is 0. The molecule has 0 aromatic heterocycles. The first-order chi connectivity index (χ1) is 20.4. The predicted octanol–water partition coefficient (Wildman–Crippen LogP) is 6.18. The average Bonchev–Trinajstić information content (AvgIpc) is 3.08. The van der Waals surface area contributed by atoms with Gasteiger partial charge in [0.1, 0.15) is 12.3 Å². The Labute approximate surface area is 264 Å². The Balaban J connectivity index is 0.00000118. The van der Waals surface area contributed by atoms with Crippen LogP contribution in [-0.4, -0.2) is 24.6 Å². The Morgan fingerprint density at radius 1 is 0.333 bits per heavy atom. The van der Waals surface area contributed by atoms with Gasteiger partial charge in [0.2, 0.25) is 0 Å². The second kappa shape index (κ2) is 21.1. The minimum Gasteiger partial charge on any atom is -0.0620 e. The van der Waals surface area contributed by atoms with Crippen molar-refractivity contribution in [3.8, 4) is 0 Å². The second-order valence-corrected chi connectivity index (χ2v) is 17.4. The van der Waals surface area contributed by atoms with Crippen LogP contribution in [-0.2, 0) is 25.8 Å². The number of hydrogen-bond acceptors (Lipinski definition) is 0. The molecule has 42 heavy (non-hydrogen) atoms. The topological polar surface area (TPSA) is 39.8 Å². The Morgan fingerprint density at radius 2 is 0.548 bits per heavy atom. The molecular weight excluding hydrogens is 616 g/mol. The molecule has 5 aromatic rings. The summed E-state index contributed by atoms with van der Waals surface area (Å²) in [5.74, 6) is 0. The van der Waals surface area contributed by atoms with E-state index in [2.05, 4.69) is 165 Å². The van der Waals surface area contributed by atoms with Gasteiger partial charge in [0.15, 0.2) is 0 Å². The van der Waals surface area contributed by atoms with E-state index in [-0.39, 0.29) is 16.5 Å². The largest absolute Gasteiger partial charge is 2.00 e. The Hall–Kier alpha value is -2.64. The summed E-state index contributed by atoms with van der Waals surface area (Å²) in [6.07, 6.45) is 5.23. The maximum atomic E-state index is 7.50. The summed E-state index contributed by atoms with van der Waals surface area (Å²) in [5.41, 5.74) is 0. The van der Waals surface area contributed by atoms with E-state index in [0.29, 0.717) is 0 Å². The minimum atomic E-state index is -0.809. The van der Waals surface area contributed by atoms with Crippen molar-refractivity contribution in [3.63, 3.8) is 0 Å². The van der Waals surface area contributed by atoms with Crippen LogP contribution in [0.4, 0.5) is 0 Å². The molecule has 0 radical (unpaired) electrons. The predicted molar refractivity (Wildman–Crippen MR) is 183 cm³/mol. The van der Waals surface area contributed by atoms with Crippen molar-refractivity contribution in [2.45, 2.75) is 0 Å². The molecule has 0 amide bonds. The third kappa shape index (κ3) is 10.9. The molecule has 0 aliphatic carbocycles. The first-order valence-corrected chi connectivity index (χ1v) is 19.0. The van der Waals surface area contributed by atoms with Crippen LogP contribution >= 0.6 is 23.8 Å². The van der Waals surface area contributed by atoms with Crippen LogP contribution in [0, 0.1) is 13.3 Å². The van der Waals surface area contributed by atoms with Crippen LogP contribution in [0.1, 0.15) is 0 Å². The van der Waals surface area contributed by atoms with E-state index in [1.165, 1.54) is 45.9 Å². The van der Waals surface area contributed by atoms with Crippen molar-refractivity contribution in [2.24, 2.45) is 0 Å². The molecule has 0 heterocycles. The maximum Gasteiger partial charge on any atom is 2.00 e. The Bertz CT molecular complexity index is 1250. The fourth-order valence-corrected chi connectivity index (χ4v) is 15.2. The number of benzene rings is 5. The van der Waals surface area contributed by atoms with Crippen LogP contribution in [0.25, 0.3) is 0 Å². The van der Waals surface area contributed by atoms with E-state index in [9.17, 15) is 0 Å². The number of hydrogen-bond donors (Lipinski definition) is 0. The first kappa shape index (κ1) is 35.6. The summed E-state index contributed by atoms with van der Waals surface area (Å²) >= 11 is 0. The van der Waals surface area contributed by atoms with Crippen LogP contribution in [0.2, 0.25) is 0 Å². The van der Waals surface area contributed by atoms with E-state index < -0.39 is 23.8 Å². The third-order valence-corrected chi connectivity index (χ3v) is 16.5. The van der Waals surface area contributed by atoms with Gasteiger partial charge in [0, 0.05) is 7.92 Å². The van der Waals surface area contributed by atoms with Crippen molar-refractivity contribution in [3.05, 3.63) is 165 Å². The van der Waals surface area contributed by atoms with Crippen molar-refractivity contribution >= 4 is 50.3 Å². The first-order valence-electron chi connectivity index (χ1n) is 13.6. The molecule has 5 rings (SSSR count). The average molecular weight is 652 g/mol. The van der Waals surface area contributed by atoms with Crippen molar-refractivity contribution in [1.82, 2.24) is 0 Å². The molecule has 0 aliphatic heterocycles. The summed E-state index contributed by atoms with van der Waals surface area (Å²) in [6, 6.07) is 56.5. The van der Waals surface area contributed by atoms with Crippen LogP contribution in [0.3, 0.4) is 0 Å². The van der Waals surface area contributed by atoms with Crippen molar-refractivity contribution in [1.29, 1.82) is 0 Å². The van der Waals surface area contributed by atoms with Crippen molar-refractivity contribution < 1.29 is 25.8 Å². The Morgan fingerprint density at radius 3 is 0.786 bits per heavy atom. The van der Waals surface area contributed by atoms with E-state index >= 15 is 0 Å². The van der Waals surface area contributed by atoms with Crippen LogP contribution in [0.15, 0.2) is 152 Å². The summed E-state index contributed by atoms with van der Waals surface area (Å²) in [7, 11) is -2.31. The van der Waals surface area contributed by atoms with Gasteiger partial charge in [-0.25, -0.2) is 0 Å². The fraction of sp³-hybridized carbons (Fsp3) is 0.111. The number of rotatable bonds is 11. The van der Waals surface area contributed by atoms with Gasteiger partial charge >= 0.3 is 39.1 Å². The quantitative estimate of drug-likeness (QED) is 0.0709.